The molecule has 1 N–H and O–H groups in total. The number of rotatable bonds is 5. The monoisotopic (exact) mass is 433 g/mol. The summed E-state index contributed by atoms with van der Waals surface area (Å²) < 4.78 is 0. The maximum Gasteiger partial charge on any atom is 0.225 e. The molecular formula is C23H29Cl2N3O. The number of nitrogens with zero attached hydrogens (tertiary/aromatic N) is 2. The van der Waals surface area contributed by atoms with Crippen molar-refractivity contribution in [1.29, 1.82) is 0 Å². The van der Waals surface area contributed by atoms with Gasteiger partial charge in [0.1, 0.15) is 0 Å². The van der Waals surface area contributed by atoms with Crippen LogP contribution in [-0.2, 0) is 11.3 Å². The summed E-state index contributed by atoms with van der Waals surface area (Å²) in [7, 11) is 0. The van der Waals surface area contributed by atoms with Crippen LogP contribution in [0, 0.1) is 11.3 Å². The molecule has 1 aliphatic heterocycles. The molecular weight excluding hydrogens is 405 g/mol. The number of aromatic nitrogens is 1. The summed E-state index contributed by atoms with van der Waals surface area (Å²) in [5, 5.41) is 4.44. The molecule has 0 bridgehead atoms. The molecule has 0 radical (unpaired) electrons. The van der Waals surface area contributed by atoms with Gasteiger partial charge in [0.2, 0.25) is 5.91 Å². The maximum atomic E-state index is 12.8. The Kier molecular flexibility index (Phi) is 7.20. The molecule has 3 rings (SSSR count). The zero-order valence-electron chi connectivity index (χ0n) is 17.3. The number of hydrogen-bond acceptors (Lipinski definition) is 3. The van der Waals surface area contributed by atoms with Gasteiger partial charge in [-0.3, -0.25) is 14.7 Å². The van der Waals surface area contributed by atoms with Crippen molar-refractivity contribution in [3.63, 3.8) is 0 Å². The number of benzene rings is 1. The van der Waals surface area contributed by atoms with Gasteiger partial charge >= 0.3 is 0 Å². The molecule has 0 spiro atoms. The lowest BCUT2D eigenvalue weighted by molar-refractivity contribution is -0.130. The van der Waals surface area contributed by atoms with E-state index < -0.39 is 5.41 Å². The molecule has 156 valence electrons. The van der Waals surface area contributed by atoms with Crippen LogP contribution in [0.4, 0.5) is 0 Å². The summed E-state index contributed by atoms with van der Waals surface area (Å²) in [5.74, 6) is 0.350. The molecule has 1 aromatic heterocycles. The van der Waals surface area contributed by atoms with E-state index in [9.17, 15) is 4.79 Å². The summed E-state index contributed by atoms with van der Waals surface area (Å²) in [6.45, 7) is 8.56. The van der Waals surface area contributed by atoms with E-state index in [0.29, 0.717) is 16.0 Å². The Bertz CT molecular complexity index is 836. The van der Waals surface area contributed by atoms with Gasteiger partial charge in [0.15, 0.2) is 0 Å². The van der Waals surface area contributed by atoms with E-state index in [2.05, 4.69) is 15.2 Å². The number of carbonyl (C=O) groups excluding carboxylic acids is 1. The standard InChI is InChI=1S/C23H29Cl2N3O/c1-23(2,3)22(29)27-21(20-8-4-5-11-26-20)17-7-6-12-28(15-17)14-16-9-10-18(24)19(25)13-16/h4-5,8-11,13,17,21H,6-7,12,14-15H2,1-3H3,(H,27,29)/t17-,21-/m1/s1. The van der Waals surface area contributed by atoms with Gasteiger partial charge in [-0.05, 0) is 55.1 Å². The lowest BCUT2D eigenvalue weighted by atomic mass is 9.86. The Morgan fingerprint density at radius 1 is 1.24 bits per heavy atom. The molecule has 1 aliphatic rings. The molecule has 4 nitrogen and oxygen atoms in total. The molecule has 29 heavy (non-hydrogen) atoms. The first-order valence-corrected chi connectivity index (χ1v) is 10.9. The van der Waals surface area contributed by atoms with Gasteiger partial charge in [-0.15, -0.1) is 0 Å². The van der Waals surface area contributed by atoms with Crippen molar-refractivity contribution >= 4 is 29.1 Å². The summed E-state index contributed by atoms with van der Waals surface area (Å²) in [6.07, 6.45) is 3.94. The molecule has 2 atom stereocenters. The minimum absolute atomic E-state index is 0.0507. The smallest absolute Gasteiger partial charge is 0.225 e. The van der Waals surface area contributed by atoms with E-state index in [1.165, 1.54) is 0 Å². The average Bonchev–Trinajstić information content (AvgIpc) is 2.69. The minimum atomic E-state index is -0.443. The average molecular weight is 434 g/mol. The first-order valence-electron chi connectivity index (χ1n) is 10.1. The fraction of sp³-hybridized carbons (Fsp3) is 0.478. The van der Waals surface area contributed by atoms with Gasteiger partial charge in [-0.25, -0.2) is 0 Å². The van der Waals surface area contributed by atoms with E-state index in [1.807, 2.05) is 57.2 Å². The summed E-state index contributed by atoms with van der Waals surface area (Å²) in [5.41, 5.74) is 1.63. The highest BCUT2D eigenvalue weighted by molar-refractivity contribution is 6.42. The zero-order chi connectivity index (χ0) is 21.0. The summed E-state index contributed by atoms with van der Waals surface area (Å²) >= 11 is 12.2. The number of nitrogens with one attached hydrogen (secondary N) is 1. The van der Waals surface area contributed by atoms with Crippen molar-refractivity contribution in [2.24, 2.45) is 11.3 Å². The minimum Gasteiger partial charge on any atom is -0.347 e. The fourth-order valence-corrected chi connectivity index (χ4v) is 4.07. The molecule has 1 fully saturated rings. The predicted molar refractivity (Wildman–Crippen MR) is 119 cm³/mol. The van der Waals surface area contributed by atoms with Crippen molar-refractivity contribution in [2.75, 3.05) is 13.1 Å². The molecule has 0 aliphatic carbocycles. The van der Waals surface area contributed by atoms with Crippen LogP contribution in [0.2, 0.25) is 10.0 Å². The third-order valence-electron chi connectivity index (χ3n) is 5.38. The van der Waals surface area contributed by atoms with Crippen LogP contribution in [0.3, 0.4) is 0 Å². The number of halogens is 2. The van der Waals surface area contributed by atoms with Crippen molar-refractivity contribution in [3.05, 3.63) is 63.9 Å². The van der Waals surface area contributed by atoms with E-state index in [0.717, 1.165) is 43.7 Å². The Hall–Kier alpha value is -1.62. The normalized spacial score (nSPS) is 19.0. The number of hydrogen-bond donors (Lipinski definition) is 1. The Labute approximate surface area is 183 Å². The third kappa shape index (κ3) is 5.94. The van der Waals surface area contributed by atoms with Crippen LogP contribution in [0.25, 0.3) is 0 Å². The van der Waals surface area contributed by atoms with E-state index in [4.69, 9.17) is 23.2 Å². The van der Waals surface area contributed by atoms with Gasteiger partial charge in [0.25, 0.3) is 0 Å². The number of pyridine rings is 1. The second kappa shape index (κ2) is 9.46. The second-order valence-electron chi connectivity index (χ2n) is 8.84. The van der Waals surface area contributed by atoms with Crippen LogP contribution < -0.4 is 5.32 Å². The van der Waals surface area contributed by atoms with Crippen molar-refractivity contribution in [3.8, 4) is 0 Å². The van der Waals surface area contributed by atoms with Crippen LogP contribution >= 0.6 is 23.2 Å². The first kappa shape index (κ1) is 22.1. The molecule has 2 heterocycles. The number of amides is 1. The SMILES string of the molecule is CC(C)(C)C(=O)N[C@@H](c1ccccn1)[C@@H]1CCCN(Cc2ccc(Cl)c(Cl)c2)C1. The molecule has 6 heteroatoms. The predicted octanol–water partition coefficient (Wildman–Crippen LogP) is 5.50. The summed E-state index contributed by atoms with van der Waals surface area (Å²) in [4.78, 5) is 19.7. The second-order valence-corrected chi connectivity index (χ2v) is 9.66. The van der Waals surface area contributed by atoms with Crippen LogP contribution in [0.5, 0.6) is 0 Å². The molecule has 1 aromatic carbocycles. The van der Waals surface area contributed by atoms with Gasteiger partial charge in [0, 0.05) is 24.7 Å². The van der Waals surface area contributed by atoms with E-state index in [-0.39, 0.29) is 11.9 Å². The molecule has 0 unspecified atom stereocenters. The highest BCUT2D eigenvalue weighted by atomic mass is 35.5. The van der Waals surface area contributed by atoms with Gasteiger partial charge in [-0.2, -0.15) is 0 Å². The Morgan fingerprint density at radius 3 is 2.69 bits per heavy atom. The van der Waals surface area contributed by atoms with E-state index in [1.54, 1.807) is 6.20 Å². The largest absolute Gasteiger partial charge is 0.347 e. The maximum absolute atomic E-state index is 12.8. The highest BCUT2D eigenvalue weighted by Crippen LogP contribution is 2.31. The number of piperidine rings is 1. The molecule has 1 saturated heterocycles. The quantitative estimate of drug-likeness (QED) is 0.676. The van der Waals surface area contributed by atoms with Crippen LogP contribution in [-0.4, -0.2) is 28.9 Å². The summed E-state index contributed by atoms with van der Waals surface area (Å²) in [6, 6.07) is 11.6. The molecule has 2 aromatic rings. The Morgan fingerprint density at radius 2 is 2.03 bits per heavy atom. The number of likely N-dealkylation sites (tertiary alicyclic amines) is 1. The van der Waals surface area contributed by atoms with Crippen LogP contribution in [0.1, 0.15) is 50.9 Å². The fourth-order valence-electron chi connectivity index (χ4n) is 3.75. The molecule has 1 amide bonds. The van der Waals surface area contributed by atoms with Gasteiger partial charge < -0.3 is 5.32 Å². The third-order valence-corrected chi connectivity index (χ3v) is 6.12. The van der Waals surface area contributed by atoms with Gasteiger partial charge in [-0.1, -0.05) is 56.1 Å². The van der Waals surface area contributed by atoms with Gasteiger partial charge in [0.05, 0.1) is 21.8 Å². The van der Waals surface area contributed by atoms with Crippen LogP contribution in [0.15, 0.2) is 42.6 Å². The Balaban J connectivity index is 1.76. The van der Waals surface area contributed by atoms with Crippen molar-refractivity contribution in [1.82, 2.24) is 15.2 Å². The number of carbonyl (C=O) groups is 1. The lowest BCUT2D eigenvalue weighted by Gasteiger charge is -2.38. The highest BCUT2D eigenvalue weighted by Gasteiger charge is 2.33. The molecule has 0 saturated carbocycles. The zero-order valence-corrected chi connectivity index (χ0v) is 18.8. The van der Waals surface area contributed by atoms with Crippen molar-refractivity contribution < 1.29 is 4.79 Å². The van der Waals surface area contributed by atoms with Crippen molar-refractivity contribution in [2.45, 2.75) is 46.2 Å². The topological polar surface area (TPSA) is 45.2 Å². The lowest BCUT2D eigenvalue weighted by Crippen LogP contribution is -2.45. The first-order chi connectivity index (χ1) is 13.7. The van der Waals surface area contributed by atoms with E-state index >= 15 is 0 Å².